The fourth-order valence-electron chi connectivity index (χ4n) is 1.09. The molecular formula is C12H13ClO. The minimum atomic E-state index is 0.253. The molecule has 0 amide bonds. The molecule has 0 aromatic heterocycles. The predicted octanol–water partition coefficient (Wildman–Crippen LogP) is 3.58. The van der Waals surface area contributed by atoms with E-state index in [-0.39, 0.29) is 5.92 Å². The summed E-state index contributed by atoms with van der Waals surface area (Å²) >= 11 is 5.75. The van der Waals surface area contributed by atoms with E-state index in [1.807, 2.05) is 44.2 Å². The van der Waals surface area contributed by atoms with Crippen LogP contribution in [0.4, 0.5) is 0 Å². The van der Waals surface area contributed by atoms with Crippen molar-refractivity contribution in [2.75, 3.05) is 0 Å². The Morgan fingerprint density at radius 3 is 2.29 bits per heavy atom. The molecule has 0 aliphatic carbocycles. The third-order valence-corrected chi connectivity index (χ3v) is 2.26. The number of carbonyl (C=O) groups is 1. The summed E-state index contributed by atoms with van der Waals surface area (Å²) in [6.45, 7) is 3.99. The molecule has 0 saturated heterocycles. The lowest BCUT2D eigenvalue weighted by Gasteiger charge is -2.03. The summed E-state index contributed by atoms with van der Waals surface area (Å²) in [6, 6.07) is 7.43. The number of allylic oxidation sites excluding steroid dienone is 1. The number of rotatable bonds is 3. The van der Waals surface area contributed by atoms with Gasteiger partial charge in [-0.15, -0.1) is 0 Å². The van der Waals surface area contributed by atoms with E-state index in [0.29, 0.717) is 5.02 Å². The van der Waals surface area contributed by atoms with Gasteiger partial charge in [0.15, 0.2) is 0 Å². The Kier molecular flexibility index (Phi) is 3.90. The van der Waals surface area contributed by atoms with Crippen molar-refractivity contribution >= 4 is 24.0 Å². The molecule has 0 unspecified atom stereocenters. The Morgan fingerprint density at radius 1 is 1.29 bits per heavy atom. The largest absolute Gasteiger partial charge is 0.298 e. The highest BCUT2D eigenvalue weighted by atomic mass is 35.5. The van der Waals surface area contributed by atoms with Crippen LogP contribution in [0.2, 0.25) is 5.02 Å². The first-order valence-corrected chi connectivity index (χ1v) is 4.93. The minimum Gasteiger partial charge on any atom is -0.298 e. The first-order chi connectivity index (χ1) is 6.63. The van der Waals surface area contributed by atoms with Gasteiger partial charge < -0.3 is 0 Å². The fourth-order valence-corrected chi connectivity index (χ4v) is 1.21. The first kappa shape index (κ1) is 11.0. The van der Waals surface area contributed by atoms with E-state index in [4.69, 9.17) is 11.6 Å². The van der Waals surface area contributed by atoms with Crippen LogP contribution < -0.4 is 0 Å². The molecule has 0 radical (unpaired) electrons. The molecule has 0 N–H and O–H groups in total. The number of benzene rings is 1. The molecule has 0 fully saturated rings. The Hall–Kier alpha value is -1.08. The lowest BCUT2D eigenvalue weighted by atomic mass is 10.0. The van der Waals surface area contributed by atoms with Crippen LogP contribution in [0, 0.1) is 5.92 Å². The van der Waals surface area contributed by atoms with E-state index < -0.39 is 0 Å². The molecule has 74 valence electrons. The van der Waals surface area contributed by atoms with Crippen molar-refractivity contribution in [2.45, 2.75) is 13.8 Å². The zero-order valence-corrected chi connectivity index (χ0v) is 9.08. The highest BCUT2D eigenvalue weighted by Gasteiger charge is 2.01. The lowest BCUT2D eigenvalue weighted by Crippen LogP contribution is -1.94. The van der Waals surface area contributed by atoms with Crippen molar-refractivity contribution < 1.29 is 4.79 Å². The highest BCUT2D eigenvalue weighted by molar-refractivity contribution is 6.30. The van der Waals surface area contributed by atoms with E-state index in [1.165, 1.54) is 0 Å². The van der Waals surface area contributed by atoms with Crippen LogP contribution in [0.15, 0.2) is 29.8 Å². The summed E-state index contributed by atoms with van der Waals surface area (Å²) in [5.41, 5.74) is 1.80. The van der Waals surface area contributed by atoms with E-state index in [1.54, 1.807) is 0 Å². The average molecular weight is 209 g/mol. The summed E-state index contributed by atoms with van der Waals surface area (Å²) in [7, 11) is 0. The Balaban J connectivity index is 2.95. The van der Waals surface area contributed by atoms with Crippen molar-refractivity contribution in [3.05, 3.63) is 40.4 Å². The Morgan fingerprint density at radius 2 is 1.86 bits per heavy atom. The zero-order valence-electron chi connectivity index (χ0n) is 8.33. The maximum absolute atomic E-state index is 10.7. The predicted molar refractivity (Wildman–Crippen MR) is 60.3 cm³/mol. The average Bonchev–Trinajstić information content (AvgIpc) is 2.16. The molecule has 0 spiro atoms. The molecule has 0 aliphatic heterocycles. The maximum Gasteiger partial charge on any atom is 0.146 e. The second kappa shape index (κ2) is 4.97. The van der Waals surface area contributed by atoms with Gasteiger partial charge >= 0.3 is 0 Å². The van der Waals surface area contributed by atoms with Gasteiger partial charge in [0.2, 0.25) is 0 Å². The summed E-state index contributed by atoms with van der Waals surface area (Å²) < 4.78 is 0. The molecule has 2 heteroatoms. The normalized spacial score (nSPS) is 11.9. The van der Waals surface area contributed by atoms with Crippen LogP contribution in [-0.4, -0.2) is 6.29 Å². The quantitative estimate of drug-likeness (QED) is 0.548. The van der Waals surface area contributed by atoms with Gasteiger partial charge in [0.25, 0.3) is 0 Å². The molecule has 14 heavy (non-hydrogen) atoms. The lowest BCUT2D eigenvalue weighted by molar-refractivity contribution is -0.105. The van der Waals surface area contributed by atoms with Crippen LogP contribution in [0.1, 0.15) is 19.4 Å². The smallest absolute Gasteiger partial charge is 0.146 e. The Labute approximate surface area is 89.4 Å². The van der Waals surface area contributed by atoms with Crippen molar-refractivity contribution in [1.29, 1.82) is 0 Å². The van der Waals surface area contributed by atoms with Crippen LogP contribution >= 0.6 is 11.6 Å². The number of aldehydes is 1. The molecule has 0 aliphatic rings. The number of hydrogen-bond donors (Lipinski definition) is 0. The summed E-state index contributed by atoms with van der Waals surface area (Å²) in [4.78, 5) is 10.7. The van der Waals surface area contributed by atoms with Gasteiger partial charge in [0.05, 0.1) is 0 Å². The van der Waals surface area contributed by atoms with E-state index in [2.05, 4.69) is 0 Å². The third-order valence-electron chi connectivity index (χ3n) is 2.01. The molecule has 0 saturated carbocycles. The topological polar surface area (TPSA) is 17.1 Å². The van der Waals surface area contributed by atoms with Crippen LogP contribution in [-0.2, 0) is 4.79 Å². The molecule has 0 heterocycles. The van der Waals surface area contributed by atoms with E-state index in [9.17, 15) is 4.79 Å². The zero-order chi connectivity index (χ0) is 10.6. The first-order valence-electron chi connectivity index (χ1n) is 4.56. The Bertz CT molecular complexity index is 336. The molecule has 1 aromatic rings. The number of carbonyl (C=O) groups excluding carboxylic acids is 1. The standard InChI is InChI=1S/C12H13ClO/c1-9(2)11(8-14)7-10-3-5-12(13)6-4-10/h3-9H,1-2H3/b11-7-. The summed E-state index contributed by atoms with van der Waals surface area (Å²) in [5, 5.41) is 0.708. The molecule has 1 nitrogen and oxygen atoms in total. The van der Waals surface area contributed by atoms with Crippen molar-refractivity contribution in [1.82, 2.24) is 0 Å². The molecule has 0 atom stereocenters. The van der Waals surface area contributed by atoms with Crippen LogP contribution in [0.25, 0.3) is 6.08 Å². The van der Waals surface area contributed by atoms with Gasteiger partial charge in [-0.25, -0.2) is 0 Å². The molecule has 1 aromatic carbocycles. The maximum atomic E-state index is 10.7. The highest BCUT2D eigenvalue weighted by Crippen LogP contribution is 2.15. The molecule has 1 rings (SSSR count). The monoisotopic (exact) mass is 208 g/mol. The number of hydrogen-bond acceptors (Lipinski definition) is 1. The summed E-state index contributed by atoms with van der Waals surface area (Å²) in [6.07, 6.45) is 2.78. The fraction of sp³-hybridized carbons (Fsp3) is 0.250. The molecule has 0 bridgehead atoms. The van der Waals surface area contributed by atoms with E-state index in [0.717, 1.165) is 17.4 Å². The van der Waals surface area contributed by atoms with Gasteiger partial charge in [-0.2, -0.15) is 0 Å². The second-order valence-corrected chi connectivity index (χ2v) is 3.90. The van der Waals surface area contributed by atoms with Crippen molar-refractivity contribution in [3.63, 3.8) is 0 Å². The van der Waals surface area contributed by atoms with Crippen molar-refractivity contribution in [3.8, 4) is 0 Å². The van der Waals surface area contributed by atoms with Gasteiger partial charge in [0, 0.05) is 5.02 Å². The SMILES string of the molecule is CC(C)/C(C=O)=C\c1ccc(Cl)cc1. The van der Waals surface area contributed by atoms with E-state index >= 15 is 0 Å². The minimum absolute atomic E-state index is 0.253. The van der Waals surface area contributed by atoms with Gasteiger partial charge in [-0.1, -0.05) is 37.6 Å². The van der Waals surface area contributed by atoms with Crippen LogP contribution in [0.5, 0.6) is 0 Å². The second-order valence-electron chi connectivity index (χ2n) is 3.47. The van der Waals surface area contributed by atoms with Gasteiger partial charge in [-0.3, -0.25) is 4.79 Å². The van der Waals surface area contributed by atoms with Gasteiger partial charge in [-0.05, 0) is 35.3 Å². The van der Waals surface area contributed by atoms with Crippen LogP contribution in [0.3, 0.4) is 0 Å². The van der Waals surface area contributed by atoms with Crippen molar-refractivity contribution in [2.24, 2.45) is 5.92 Å². The van der Waals surface area contributed by atoms with Gasteiger partial charge in [0.1, 0.15) is 6.29 Å². The molecular weight excluding hydrogens is 196 g/mol. The number of halogens is 1. The summed E-state index contributed by atoms with van der Waals surface area (Å²) in [5.74, 6) is 0.253. The third kappa shape index (κ3) is 3.00.